The lowest BCUT2D eigenvalue weighted by molar-refractivity contribution is 0.315. The van der Waals surface area contributed by atoms with Gasteiger partial charge in [-0.1, -0.05) is 41.4 Å². The van der Waals surface area contributed by atoms with Crippen molar-refractivity contribution < 1.29 is 0 Å². The third kappa shape index (κ3) is 4.60. The summed E-state index contributed by atoms with van der Waals surface area (Å²) in [7, 11) is 2.03. The van der Waals surface area contributed by atoms with E-state index < -0.39 is 0 Å². The number of hydrogen-bond donors (Lipinski definition) is 1. The highest BCUT2D eigenvalue weighted by Crippen LogP contribution is 2.21. The molecule has 0 aliphatic rings. The molecular weight excluding hydrogens is 305 g/mol. The molecule has 0 atom stereocenters. The number of benzene rings is 1. The summed E-state index contributed by atoms with van der Waals surface area (Å²) in [5.74, 6) is 0.850. The molecule has 0 radical (unpaired) electrons. The minimum Gasteiger partial charge on any atom is -0.370 e. The van der Waals surface area contributed by atoms with Crippen LogP contribution in [-0.4, -0.2) is 23.5 Å². The van der Waals surface area contributed by atoms with Crippen molar-refractivity contribution in [3.63, 3.8) is 0 Å². The summed E-state index contributed by atoms with van der Waals surface area (Å²) < 4.78 is 0. The zero-order valence-electron chi connectivity index (χ0n) is 12.2. The molecule has 2 aromatic rings. The van der Waals surface area contributed by atoms with Crippen LogP contribution in [0.3, 0.4) is 0 Å². The van der Waals surface area contributed by atoms with E-state index in [0.29, 0.717) is 11.6 Å². The Morgan fingerprint density at radius 1 is 1.05 bits per heavy atom. The van der Waals surface area contributed by atoms with Crippen LogP contribution in [0.1, 0.15) is 18.2 Å². The van der Waals surface area contributed by atoms with E-state index in [4.69, 9.17) is 23.2 Å². The predicted molar refractivity (Wildman–Crippen MR) is 90.0 cm³/mol. The van der Waals surface area contributed by atoms with Gasteiger partial charge in [0.2, 0.25) is 0 Å². The molecule has 0 saturated carbocycles. The third-order valence-electron chi connectivity index (χ3n) is 3.09. The minimum atomic E-state index is 0.670. The zero-order chi connectivity index (χ0) is 15.2. The maximum atomic E-state index is 6.23. The van der Waals surface area contributed by atoms with Gasteiger partial charge in [-0.15, -0.1) is 0 Å². The Labute approximate surface area is 135 Å². The van der Waals surface area contributed by atoms with E-state index >= 15 is 0 Å². The van der Waals surface area contributed by atoms with Gasteiger partial charge in [0.05, 0.1) is 10.7 Å². The standard InChI is InChI=1S/C16H19Cl2N3/c1-3-19-16-9-8-14(18)15(20-16)11-21(2)10-12-6-4-5-7-13(12)17/h4-9H,3,10-11H2,1-2H3,(H,19,20). The Morgan fingerprint density at radius 2 is 1.81 bits per heavy atom. The molecule has 0 saturated heterocycles. The van der Waals surface area contributed by atoms with E-state index in [1.807, 2.05) is 50.4 Å². The fraction of sp³-hybridized carbons (Fsp3) is 0.312. The molecule has 0 aliphatic carbocycles. The lowest BCUT2D eigenvalue weighted by Gasteiger charge is -2.18. The van der Waals surface area contributed by atoms with Crippen LogP contribution < -0.4 is 5.32 Å². The average molecular weight is 324 g/mol. The highest BCUT2D eigenvalue weighted by molar-refractivity contribution is 6.31. The number of nitrogens with one attached hydrogen (secondary N) is 1. The number of rotatable bonds is 6. The molecule has 1 N–H and O–H groups in total. The van der Waals surface area contributed by atoms with Gasteiger partial charge in [-0.25, -0.2) is 4.98 Å². The molecule has 0 amide bonds. The first kappa shape index (κ1) is 16.1. The van der Waals surface area contributed by atoms with Gasteiger partial charge in [-0.05, 0) is 37.7 Å². The molecule has 1 aromatic heterocycles. The smallest absolute Gasteiger partial charge is 0.126 e. The van der Waals surface area contributed by atoms with Crippen molar-refractivity contribution in [2.45, 2.75) is 20.0 Å². The Hall–Kier alpha value is -1.29. The van der Waals surface area contributed by atoms with Crippen molar-refractivity contribution in [3.05, 3.63) is 57.7 Å². The first-order chi connectivity index (χ1) is 10.1. The maximum Gasteiger partial charge on any atom is 0.126 e. The first-order valence-electron chi connectivity index (χ1n) is 6.91. The molecule has 0 unspecified atom stereocenters. The van der Waals surface area contributed by atoms with E-state index in [1.54, 1.807) is 0 Å². The Kier molecular flexibility index (Phi) is 5.85. The van der Waals surface area contributed by atoms with E-state index in [1.165, 1.54) is 0 Å². The van der Waals surface area contributed by atoms with Crippen LogP contribution in [0, 0.1) is 0 Å². The summed E-state index contributed by atoms with van der Waals surface area (Å²) in [6, 6.07) is 11.6. The largest absolute Gasteiger partial charge is 0.370 e. The summed E-state index contributed by atoms with van der Waals surface area (Å²) in [6.45, 7) is 4.30. The van der Waals surface area contributed by atoms with E-state index in [9.17, 15) is 0 Å². The van der Waals surface area contributed by atoms with E-state index in [2.05, 4.69) is 15.2 Å². The molecule has 3 nitrogen and oxygen atoms in total. The number of nitrogens with zero attached hydrogens (tertiary/aromatic N) is 2. The summed E-state index contributed by atoms with van der Waals surface area (Å²) in [4.78, 5) is 6.69. The number of halogens is 2. The van der Waals surface area contributed by atoms with Crippen LogP contribution in [0.5, 0.6) is 0 Å². The van der Waals surface area contributed by atoms with Crippen LogP contribution in [-0.2, 0) is 13.1 Å². The van der Waals surface area contributed by atoms with Gasteiger partial charge in [0, 0.05) is 24.7 Å². The molecule has 0 fully saturated rings. The highest BCUT2D eigenvalue weighted by atomic mass is 35.5. The summed E-state index contributed by atoms with van der Waals surface area (Å²) >= 11 is 12.4. The fourth-order valence-corrected chi connectivity index (χ4v) is 2.46. The third-order valence-corrected chi connectivity index (χ3v) is 3.81. The van der Waals surface area contributed by atoms with Crippen molar-refractivity contribution >= 4 is 29.0 Å². The quantitative estimate of drug-likeness (QED) is 0.851. The monoisotopic (exact) mass is 323 g/mol. The van der Waals surface area contributed by atoms with Crippen molar-refractivity contribution in [3.8, 4) is 0 Å². The van der Waals surface area contributed by atoms with Crippen LogP contribution in [0.25, 0.3) is 0 Å². The topological polar surface area (TPSA) is 28.2 Å². The van der Waals surface area contributed by atoms with Crippen LogP contribution >= 0.6 is 23.2 Å². The summed E-state index contributed by atoms with van der Waals surface area (Å²) in [5.41, 5.74) is 1.96. The van der Waals surface area contributed by atoms with Gasteiger partial charge < -0.3 is 5.32 Å². The van der Waals surface area contributed by atoms with Gasteiger partial charge >= 0.3 is 0 Å². The van der Waals surface area contributed by atoms with Gasteiger partial charge in [0.15, 0.2) is 0 Å². The average Bonchev–Trinajstić information content (AvgIpc) is 2.45. The molecular formula is C16H19Cl2N3. The molecule has 5 heteroatoms. The number of hydrogen-bond acceptors (Lipinski definition) is 3. The van der Waals surface area contributed by atoms with Gasteiger partial charge in [-0.2, -0.15) is 0 Å². The summed E-state index contributed by atoms with van der Waals surface area (Å²) in [6.07, 6.45) is 0. The molecule has 112 valence electrons. The molecule has 0 spiro atoms. The van der Waals surface area contributed by atoms with E-state index in [0.717, 1.165) is 35.2 Å². The number of aromatic nitrogens is 1. The number of anilines is 1. The van der Waals surface area contributed by atoms with Crippen LogP contribution in [0.4, 0.5) is 5.82 Å². The second-order valence-electron chi connectivity index (χ2n) is 4.92. The van der Waals surface area contributed by atoms with Crippen LogP contribution in [0.15, 0.2) is 36.4 Å². The molecule has 2 rings (SSSR count). The van der Waals surface area contributed by atoms with E-state index in [-0.39, 0.29) is 0 Å². The SMILES string of the molecule is CCNc1ccc(Cl)c(CN(C)Cc2ccccc2Cl)n1. The van der Waals surface area contributed by atoms with Crippen molar-refractivity contribution in [2.75, 3.05) is 18.9 Å². The molecule has 1 aromatic carbocycles. The van der Waals surface area contributed by atoms with Gasteiger partial charge in [0.25, 0.3) is 0 Å². The Morgan fingerprint density at radius 3 is 2.52 bits per heavy atom. The highest BCUT2D eigenvalue weighted by Gasteiger charge is 2.09. The molecule has 21 heavy (non-hydrogen) atoms. The van der Waals surface area contributed by atoms with Gasteiger partial charge in [0.1, 0.15) is 5.82 Å². The maximum absolute atomic E-state index is 6.23. The minimum absolute atomic E-state index is 0.670. The van der Waals surface area contributed by atoms with Crippen LogP contribution in [0.2, 0.25) is 10.0 Å². The molecule has 0 bridgehead atoms. The van der Waals surface area contributed by atoms with Crippen molar-refractivity contribution in [2.24, 2.45) is 0 Å². The fourth-order valence-electron chi connectivity index (χ4n) is 2.10. The second-order valence-corrected chi connectivity index (χ2v) is 5.73. The molecule has 0 aliphatic heterocycles. The lowest BCUT2D eigenvalue weighted by atomic mass is 10.2. The predicted octanol–water partition coefficient (Wildman–Crippen LogP) is 4.45. The van der Waals surface area contributed by atoms with Gasteiger partial charge in [-0.3, -0.25) is 4.90 Å². The lowest BCUT2D eigenvalue weighted by Crippen LogP contribution is -2.19. The Bertz CT molecular complexity index is 602. The first-order valence-corrected chi connectivity index (χ1v) is 7.67. The normalized spacial score (nSPS) is 10.9. The number of pyridine rings is 1. The second kappa shape index (κ2) is 7.64. The molecule has 1 heterocycles. The van der Waals surface area contributed by atoms with Crippen molar-refractivity contribution in [1.29, 1.82) is 0 Å². The Balaban J connectivity index is 2.07. The zero-order valence-corrected chi connectivity index (χ0v) is 13.7. The van der Waals surface area contributed by atoms with Crippen molar-refractivity contribution in [1.82, 2.24) is 9.88 Å². The summed E-state index contributed by atoms with van der Waals surface area (Å²) in [5, 5.41) is 4.66.